The van der Waals surface area contributed by atoms with Crippen LogP contribution in [0.5, 0.6) is 5.75 Å². The Labute approximate surface area is 206 Å². The van der Waals surface area contributed by atoms with E-state index in [1.807, 2.05) is 59.5 Å². The van der Waals surface area contributed by atoms with Gasteiger partial charge in [0.25, 0.3) is 5.91 Å². The fourth-order valence-corrected chi connectivity index (χ4v) is 4.97. The highest BCUT2D eigenvalue weighted by Crippen LogP contribution is 2.34. The van der Waals surface area contributed by atoms with E-state index < -0.39 is 0 Å². The van der Waals surface area contributed by atoms with Crippen LogP contribution in [0.3, 0.4) is 0 Å². The second-order valence-corrected chi connectivity index (χ2v) is 9.28. The van der Waals surface area contributed by atoms with E-state index in [0.717, 1.165) is 73.8 Å². The number of carbonyl (C=O) groups is 1. The Morgan fingerprint density at radius 3 is 2.51 bits per heavy atom. The van der Waals surface area contributed by atoms with Crippen molar-refractivity contribution >= 4 is 11.8 Å². The SMILES string of the molecule is COc1ccc(C(=O)N(Cc2c(-c3ccccc3)noc2N2CCCCC2)CC2CCCO2)cc1. The monoisotopic (exact) mass is 475 g/mol. The average molecular weight is 476 g/mol. The van der Waals surface area contributed by atoms with Crippen LogP contribution >= 0.6 is 0 Å². The van der Waals surface area contributed by atoms with Crippen LogP contribution in [0.25, 0.3) is 11.3 Å². The van der Waals surface area contributed by atoms with Crippen molar-refractivity contribution in [1.82, 2.24) is 10.1 Å². The summed E-state index contributed by atoms with van der Waals surface area (Å²) in [6.07, 6.45) is 5.51. The lowest BCUT2D eigenvalue weighted by atomic mass is 10.0. The normalized spacial score (nSPS) is 18.0. The Balaban J connectivity index is 1.50. The highest BCUT2D eigenvalue weighted by atomic mass is 16.5. The van der Waals surface area contributed by atoms with E-state index in [1.165, 1.54) is 6.42 Å². The number of hydrogen-bond donors (Lipinski definition) is 0. The molecule has 1 aromatic heterocycles. The summed E-state index contributed by atoms with van der Waals surface area (Å²) in [5.41, 5.74) is 3.37. The molecule has 3 aromatic rings. The van der Waals surface area contributed by atoms with Crippen molar-refractivity contribution in [2.45, 2.75) is 44.8 Å². The van der Waals surface area contributed by atoms with E-state index in [9.17, 15) is 4.79 Å². The van der Waals surface area contributed by atoms with Gasteiger partial charge in [0.05, 0.1) is 25.3 Å². The molecule has 0 radical (unpaired) electrons. The first kappa shape index (κ1) is 23.4. The number of anilines is 1. The Morgan fingerprint density at radius 2 is 1.83 bits per heavy atom. The van der Waals surface area contributed by atoms with Gasteiger partial charge in [-0.15, -0.1) is 0 Å². The average Bonchev–Trinajstić information content (AvgIpc) is 3.59. The van der Waals surface area contributed by atoms with Gasteiger partial charge < -0.3 is 23.8 Å². The van der Waals surface area contributed by atoms with Crippen LogP contribution in [0.2, 0.25) is 0 Å². The zero-order valence-corrected chi connectivity index (χ0v) is 20.3. The lowest BCUT2D eigenvalue weighted by Crippen LogP contribution is -2.38. The molecule has 1 amide bonds. The number of amides is 1. The lowest BCUT2D eigenvalue weighted by molar-refractivity contribution is 0.0507. The molecule has 1 unspecified atom stereocenters. The van der Waals surface area contributed by atoms with Crippen LogP contribution in [0.4, 0.5) is 5.88 Å². The molecule has 7 nitrogen and oxygen atoms in total. The van der Waals surface area contributed by atoms with Crippen LogP contribution in [0.1, 0.15) is 48.0 Å². The Bertz CT molecular complexity index is 1100. The van der Waals surface area contributed by atoms with Crippen molar-refractivity contribution in [3.63, 3.8) is 0 Å². The zero-order chi connectivity index (χ0) is 24.0. The Kier molecular flexibility index (Phi) is 7.33. The molecule has 3 heterocycles. The molecule has 184 valence electrons. The molecule has 7 heteroatoms. The number of nitrogens with zero attached hydrogens (tertiary/aromatic N) is 3. The fraction of sp³-hybridized carbons (Fsp3) is 0.429. The van der Waals surface area contributed by atoms with Gasteiger partial charge in [-0.3, -0.25) is 4.79 Å². The second-order valence-electron chi connectivity index (χ2n) is 9.28. The van der Waals surface area contributed by atoms with Crippen LogP contribution in [-0.2, 0) is 11.3 Å². The molecule has 35 heavy (non-hydrogen) atoms. The number of hydrogen-bond acceptors (Lipinski definition) is 6. The number of aromatic nitrogens is 1. The predicted octanol–water partition coefficient (Wildman–Crippen LogP) is 5.16. The molecular weight excluding hydrogens is 442 g/mol. The highest BCUT2D eigenvalue weighted by molar-refractivity contribution is 5.94. The van der Waals surface area contributed by atoms with Crippen LogP contribution in [-0.4, -0.2) is 55.4 Å². The number of rotatable bonds is 8. The summed E-state index contributed by atoms with van der Waals surface area (Å²) in [7, 11) is 1.62. The molecule has 0 bridgehead atoms. The predicted molar refractivity (Wildman–Crippen MR) is 135 cm³/mol. The van der Waals surface area contributed by atoms with Gasteiger partial charge >= 0.3 is 0 Å². The molecular formula is C28H33N3O4. The van der Waals surface area contributed by atoms with Crippen molar-refractivity contribution in [2.24, 2.45) is 0 Å². The quantitative estimate of drug-likeness (QED) is 0.448. The number of benzene rings is 2. The van der Waals surface area contributed by atoms with Crippen LogP contribution in [0.15, 0.2) is 59.1 Å². The topological polar surface area (TPSA) is 68.0 Å². The first-order chi connectivity index (χ1) is 17.2. The zero-order valence-electron chi connectivity index (χ0n) is 20.3. The molecule has 0 aliphatic carbocycles. The Hall–Kier alpha value is -3.32. The van der Waals surface area contributed by atoms with E-state index in [1.54, 1.807) is 7.11 Å². The maximum atomic E-state index is 13.8. The maximum absolute atomic E-state index is 13.8. The Morgan fingerprint density at radius 1 is 1.06 bits per heavy atom. The standard InChI is InChI=1S/C28H33N3O4/c1-33-23-14-12-22(13-15-23)27(32)31(19-24-11-8-18-34-24)20-25-26(21-9-4-2-5-10-21)29-35-28(25)30-16-6-3-7-17-30/h2,4-5,9-10,12-15,24H,3,6-8,11,16-20H2,1H3. The molecule has 0 N–H and O–H groups in total. The van der Waals surface area contributed by atoms with Crippen LogP contribution < -0.4 is 9.64 Å². The molecule has 2 aromatic carbocycles. The molecule has 2 aliphatic heterocycles. The lowest BCUT2D eigenvalue weighted by Gasteiger charge is -2.29. The van der Waals surface area contributed by atoms with Crippen molar-refractivity contribution in [1.29, 1.82) is 0 Å². The molecule has 5 rings (SSSR count). The summed E-state index contributed by atoms with van der Waals surface area (Å²) in [5.74, 6) is 1.47. The first-order valence-electron chi connectivity index (χ1n) is 12.6. The molecule has 0 saturated carbocycles. The second kappa shape index (κ2) is 11.0. The summed E-state index contributed by atoms with van der Waals surface area (Å²) >= 11 is 0. The van der Waals surface area contributed by atoms with Crippen molar-refractivity contribution < 1.29 is 18.8 Å². The number of methoxy groups -OCH3 is 1. The molecule has 0 spiro atoms. The molecule has 2 fully saturated rings. The minimum absolute atomic E-state index is 0.0343. The van der Waals surface area contributed by atoms with Gasteiger partial charge in [-0.05, 0) is 56.4 Å². The third-order valence-corrected chi connectivity index (χ3v) is 6.88. The van der Waals surface area contributed by atoms with E-state index in [4.69, 9.17) is 14.0 Å². The number of carbonyl (C=O) groups excluding carboxylic acids is 1. The van der Waals surface area contributed by atoms with Crippen molar-refractivity contribution in [2.75, 3.05) is 38.3 Å². The highest BCUT2D eigenvalue weighted by Gasteiger charge is 2.29. The molecule has 2 aliphatic rings. The number of piperidine rings is 1. The van der Waals surface area contributed by atoms with Gasteiger partial charge in [0.15, 0.2) is 0 Å². The van der Waals surface area contributed by atoms with E-state index in [0.29, 0.717) is 18.7 Å². The third kappa shape index (κ3) is 5.35. The largest absolute Gasteiger partial charge is 0.497 e. The summed E-state index contributed by atoms with van der Waals surface area (Å²) < 4.78 is 17.2. The smallest absolute Gasteiger partial charge is 0.254 e. The van der Waals surface area contributed by atoms with Gasteiger partial charge in [0.1, 0.15) is 11.4 Å². The van der Waals surface area contributed by atoms with E-state index in [2.05, 4.69) is 10.1 Å². The van der Waals surface area contributed by atoms with Gasteiger partial charge in [-0.1, -0.05) is 35.5 Å². The summed E-state index contributed by atoms with van der Waals surface area (Å²) in [6, 6.07) is 17.4. The van der Waals surface area contributed by atoms with Crippen molar-refractivity contribution in [3.05, 3.63) is 65.7 Å². The van der Waals surface area contributed by atoms with Gasteiger partial charge in [0, 0.05) is 37.4 Å². The first-order valence-corrected chi connectivity index (χ1v) is 12.6. The fourth-order valence-electron chi connectivity index (χ4n) is 4.97. The van der Waals surface area contributed by atoms with E-state index >= 15 is 0 Å². The van der Waals surface area contributed by atoms with Crippen molar-refractivity contribution in [3.8, 4) is 17.0 Å². The maximum Gasteiger partial charge on any atom is 0.254 e. The summed E-state index contributed by atoms with van der Waals surface area (Å²) in [6.45, 7) is 3.56. The number of ether oxygens (including phenoxy) is 2. The van der Waals surface area contributed by atoms with Crippen LogP contribution in [0, 0.1) is 0 Å². The summed E-state index contributed by atoms with van der Waals surface area (Å²) in [5, 5.41) is 4.50. The molecule has 1 atom stereocenters. The van der Waals surface area contributed by atoms with Gasteiger partial charge in [-0.2, -0.15) is 0 Å². The van der Waals surface area contributed by atoms with Gasteiger partial charge in [0.2, 0.25) is 5.88 Å². The minimum atomic E-state index is -0.0343. The van der Waals surface area contributed by atoms with E-state index in [-0.39, 0.29) is 12.0 Å². The minimum Gasteiger partial charge on any atom is -0.497 e. The molecule has 2 saturated heterocycles. The van der Waals surface area contributed by atoms with Gasteiger partial charge in [-0.25, -0.2) is 0 Å². The third-order valence-electron chi connectivity index (χ3n) is 6.88. The summed E-state index contributed by atoms with van der Waals surface area (Å²) in [4.78, 5) is 17.9.